The van der Waals surface area contributed by atoms with Crippen LogP contribution >= 0.6 is 0 Å². The summed E-state index contributed by atoms with van der Waals surface area (Å²) in [7, 11) is 0. The molecule has 0 bridgehead atoms. The Morgan fingerprint density at radius 2 is 2.19 bits per heavy atom. The van der Waals surface area contributed by atoms with Gasteiger partial charge in [0.1, 0.15) is 5.75 Å². The zero-order chi connectivity index (χ0) is 11.0. The minimum absolute atomic E-state index is 0.313. The Kier molecular flexibility index (Phi) is 2.33. The summed E-state index contributed by atoms with van der Waals surface area (Å²) >= 11 is 0. The van der Waals surface area contributed by atoms with Gasteiger partial charge in [0.25, 0.3) is 0 Å². The van der Waals surface area contributed by atoms with Gasteiger partial charge in [0.2, 0.25) is 0 Å². The Morgan fingerprint density at radius 1 is 1.31 bits per heavy atom. The fraction of sp³-hybridized carbons (Fsp3) is 0.385. The van der Waals surface area contributed by atoms with Crippen LogP contribution in [0, 0.1) is 0 Å². The fourth-order valence-electron chi connectivity index (χ4n) is 2.14. The third kappa shape index (κ3) is 1.78. The number of rotatable bonds is 3. The number of aromatic nitrogens is 1. The summed E-state index contributed by atoms with van der Waals surface area (Å²) in [4.78, 5) is 3.32. The Labute approximate surface area is 94.5 Å². The minimum atomic E-state index is 0.313. The molecule has 0 unspecified atom stereocenters. The van der Waals surface area contributed by atoms with Crippen molar-refractivity contribution in [2.45, 2.75) is 31.8 Å². The molecule has 1 fully saturated rings. The van der Waals surface area contributed by atoms with E-state index in [9.17, 15) is 5.11 Å². The summed E-state index contributed by atoms with van der Waals surface area (Å²) in [6.07, 6.45) is 3.97. The van der Waals surface area contributed by atoms with Gasteiger partial charge < -0.3 is 15.4 Å². The van der Waals surface area contributed by atoms with Crippen molar-refractivity contribution in [1.82, 2.24) is 10.3 Å². The first kappa shape index (κ1) is 9.73. The van der Waals surface area contributed by atoms with Crippen molar-refractivity contribution >= 4 is 10.9 Å². The van der Waals surface area contributed by atoms with E-state index in [0.717, 1.165) is 17.4 Å². The van der Waals surface area contributed by atoms with Gasteiger partial charge in [0.05, 0.1) is 0 Å². The topological polar surface area (TPSA) is 48.0 Å². The number of nitrogens with one attached hydrogen (secondary N) is 2. The number of hydrogen-bond acceptors (Lipinski definition) is 2. The van der Waals surface area contributed by atoms with Crippen LogP contribution in [0.4, 0.5) is 0 Å². The predicted molar refractivity (Wildman–Crippen MR) is 64.4 cm³/mol. The highest BCUT2D eigenvalue weighted by molar-refractivity contribution is 5.81. The monoisotopic (exact) mass is 216 g/mol. The molecule has 3 heteroatoms. The van der Waals surface area contributed by atoms with Crippen molar-refractivity contribution < 1.29 is 5.11 Å². The van der Waals surface area contributed by atoms with E-state index in [1.54, 1.807) is 12.1 Å². The Morgan fingerprint density at radius 3 is 2.94 bits per heavy atom. The van der Waals surface area contributed by atoms with Gasteiger partial charge in [-0.1, -0.05) is 6.42 Å². The first-order valence-electron chi connectivity index (χ1n) is 5.85. The summed E-state index contributed by atoms with van der Waals surface area (Å²) in [5.41, 5.74) is 2.19. The van der Waals surface area contributed by atoms with E-state index in [4.69, 9.17) is 0 Å². The minimum Gasteiger partial charge on any atom is -0.508 e. The van der Waals surface area contributed by atoms with Gasteiger partial charge in [-0.05, 0) is 36.4 Å². The zero-order valence-corrected chi connectivity index (χ0v) is 9.16. The molecular weight excluding hydrogens is 200 g/mol. The van der Waals surface area contributed by atoms with Crippen molar-refractivity contribution in [2.75, 3.05) is 0 Å². The number of fused-ring (bicyclic) bond motifs is 1. The summed E-state index contributed by atoms with van der Waals surface area (Å²) in [5.74, 6) is 0.313. The lowest BCUT2D eigenvalue weighted by Gasteiger charge is -2.26. The number of aromatic hydroxyl groups is 1. The van der Waals surface area contributed by atoms with Gasteiger partial charge >= 0.3 is 0 Å². The lowest BCUT2D eigenvalue weighted by molar-refractivity contribution is 0.337. The molecule has 3 nitrogen and oxygen atoms in total. The quantitative estimate of drug-likeness (QED) is 0.738. The van der Waals surface area contributed by atoms with Gasteiger partial charge in [-0.3, -0.25) is 0 Å². The van der Waals surface area contributed by atoms with Gasteiger partial charge in [0, 0.05) is 29.9 Å². The normalized spacial score (nSPS) is 16.5. The Bertz CT molecular complexity index is 500. The first-order chi connectivity index (χ1) is 7.81. The third-order valence-electron chi connectivity index (χ3n) is 3.35. The molecule has 84 valence electrons. The van der Waals surface area contributed by atoms with Crippen molar-refractivity contribution in [2.24, 2.45) is 0 Å². The second-order valence-corrected chi connectivity index (χ2v) is 4.57. The summed E-state index contributed by atoms with van der Waals surface area (Å²) in [6, 6.07) is 8.27. The summed E-state index contributed by atoms with van der Waals surface area (Å²) in [6.45, 7) is 0.889. The van der Waals surface area contributed by atoms with E-state index in [2.05, 4.69) is 16.4 Å². The van der Waals surface area contributed by atoms with Crippen LogP contribution in [0.2, 0.25) is 0 Å². The maximum atomic E-state index is 9.37. The molecule has 0 amide bonds. The SMILES string of the molecule is Oc1ccc2cc(CNC3CCC3)[nH]c2c1. The Hall–Kier alpha value is -1.48. The molecule has 1 saturated carbocycles. The van der Waals surface area contributed by atoms with E-state index >= 15 is 0 Å². The van der Waals surface area contributed by atoms with Gasteiger partial charge in [-0.15, -0.1) is 0 Å². The molecule has 0 saturated heterocycles. The molecular formula is C13H16N2O. The number of hydrogen-bond donors (Lipinski definition) is 3. The summed E-state index contributed by atoms with van der Waals surface area (Å²) in [5, 5.41) is 14.0. The maximum absolute atomic E-state index is 9.37. The second kappa shape index (κ2) is 3.83. The highest BCUT2D eigenvalue weighted by atomic mass is 16.3. The predicted octanol–water partition coefficient (Wildman–Crippen LogP) is 2.52. The van der Waals surface area contributed by atoms with Crippen LogP contribution in [0.1, 0.15) is 25.0 Å². The van der Waals surface area contributed by atoms with E-state index in [-0.39, 0.29) is 0 Å². The Balaban J connectivity index is 1.76. The van der Waals surface area contributed by atoms with E-state index in [1.165, 1.54) is 25.0 Å². The zero-order valence-electron chi connectivity index (χ0n) is 9.16. The lowest BCUT2D eigenvalue weighted by atomic mass is 9.93. The van der Waals surface area contributed by atoms with Gasteiger partial charge in [-0.2, -0.15) is 0 Å². The van der Waals surface area contributed by atoms with Crippen molar-refractivity contribution in [3.8, 4) is 5.75 Å². The lowest BCUT2D eigenvalue weighted by Crippen LogP contribution is -2.34. The summed E-state index contributed by atoms with van der Waals surface area (Å²) < 4.78 is 0. The first-order valence-corrected chi connectivity index (χ1v) is 5.85. The van der Waals surface area contributed by atoms with Gasteiger partial charge in [0.15, 0.2) is 0 Å². The van der Waals surface area contributed by atoms with Crippen LogP contribution in [-0.2, 0) is 6.54 Å². The van der Waals surface area contributed by atoms with Gasteiger partial charge in [-0.25, -0.2) is 0 Å². The number of benzene rings is 1. The largest absolute Gasteiger partial charge is 0.508 e. The molecule has 2 aromatic rings. The smallest absolute Gasteiger partial charge is 0.117 e. The van der Waals surface area contributed by atoms with Crippen molar-refractivity contribution in [3.05, 3.63) is 30.0 Å². The molecule has 16 heavy (non-hydrogen) atoms. The third-order valence-corrected chi connectivity index (χ3v) is 3.35. The standard InChI is InChI=1S/C13H16N2O/c16-12-5-4-9-6-11(15-13(9)7-12)8-14-10-2-1-3-10/h4-7,10,14-16H,1-3,8H2. The molecule has 1 aromatic heterocycles. The number of phenolic OH excluding ortho intramolecular Hbond substituents is 1. The highest BCUT2D eigenvalue weighted by Crippen LogP contribution is 2.22. The van der Waals surface area contributed by atoms with E-state index in [1.807, 2.05) is 6.07 Å². The molecule has 0 spiro atoms. The van der Waals surface area contributed by atoms with Crippen LogP contribution in [0.15, 0.2) is 24.3 Å². The van der Waals surface area contributed by atoms with Crippen LogP contribution in [0.3, 0.4) is 0 Å². The fourth-order valence-corrected chi connectivity index (χ4v) is 2.14. The van der Waals surface area contributed by atoms with Crippen molar-refractivity contribution in [3.63, 3.8) is 0 Å². The molecule has 1 heterocycles. The van der Waals surface area contributed by atoms with Crippen LogP contribution < -0.4 is 5.32 Å². The number of aromatic amines is 1. The van der Waals surface area contributed by atoms with Crippen molar-refractivity contribution in [1.29, 1.82) is 0 Å². The molecule has 1 aliphatic carbocycles. The molecule has 1 aliphatic rings. The average molecular weight is 216 g/mol. The number of H-pyrrole nitrogens is 1. The average Bonchev–Trinajstić information content (AvgIpc) is 2.57. The molecule has 0 aliphatic heterocycles. The van der Waals surface area contributed by atoms with Crippen LogP contribution in [0.25, 0.3) is 10.9 Å². The second-order valence-electron chi connectivity index (χ2n) is 4.57. The maximum Gasteiger partial charge on any atom is 0.117 e. The molecule has 3 rings (SSSR count). The van der Waals surface area contributed by atoms with E-state index in [0.29, 0.717) is 11.8 Å². The van der Waals surface area contributed by atoms with E-state index < -0.39 is 0 Å². The molecule has 3 N–H and O–H groups in total. The molecule has 0 atom stereocenters. The molecule has 0 radical (unpaired) electrons. The highest BCUT2D eigenvalue weighted by Gasteiger charge is 2.16. The van der Waals surface area contributed by atoms with Crippen LogP contribution in [0.5, 0.6) is 5.75 Å². The molecule has 1 aromatic carbocycles. The van der Waals surface area contributed by atoms with Crippen LogP contribution in [-0.4, -0.2) is 16.1 Å². The number of phenols is 1.